The van der Waals surface area contributed by atoms with Crippen molar-refractivity contribution < 1.29 is 8.42 Å². The topological polar surface area (TPSA) is 58.2 Å². The van der Waals surface area contributed by atoms with Crippen LogP contribution in [0.3, 0.4) is 0 Å². The number of hydrogen-bond donors (Lipinski definition) is 2. The molecule has 2 N–H and O–H groups in total. The molecule has 0 heterocycles. The van der Waals surface area contributed by atoms with Crippen molar-refractivity contribution in [2.75, 3.05) is 6.54 Å². The van der Waals surface area contributed by atoms with Crippen LogP contribution in [0.1, 0.15) is 39.7 Å². The van der Waals surface area contributed by atoms with Crippen molar-refractivity contribution in [3.05, 3.63) is 27.7 Å². The molecule has 0 spiro atoms. The van der Waals surface area contributed by atoms with Crippen LogP contribution in [-0.2, 0) is 16.6 Å². The Morgan fingerprint density at radius 3 is 2.33 bits per heavy atom. The minimum absolute atomic E-state index is 0.0195. The lowest BCUT2D eigenvalue weighted by molar-refractivity contribution is 0.439. The van der Waals surface area contributed by atoms with Crippen molar-refractivity contribution >= 4 is 33.2 Å². The molecular weight excluding hydrogens is 331 g/mol. The van der Waals surface area contributed by atoms with Gasteiger partial charge in [-0.05, 0) is 44.5 Å². The van der Waals surface area contributed by atoms with Gasteiger partial charge in [0.2, 0.25) is 10.0 Å². The predicted molar refractivity (Wildman–Crippen MR) is 88.5 cm³/mol. The molecule has 0 saturated heterocycles. The largest absolute Gasteiger partial charge is 0.313 e. The number of rotatable bonds is 7. The van der Waals surface area contributed by atoms with Gasteiger partial charge in [-0.15, -0.1) is 0 Å². The van der Waals surface area contributed by atoms with Crippen LogP contribution >= 0.6 is 23.2 Å². The first-order valence-electron chi connectivity index (χ1n) is 6.85. The molecule has 0 bridgehead atoms. The molecule has 0 saturated carbocycles. The molecule has 0 fully saturated rings. The maximum atomic E-state index is 12.5. The van der Waals surface area contributed by atoms with E-state index in [9.17, 15) is 8.42 Å². The Balaban J connectivity index is 3.26. The Morgan fingerprint density at radius 1 is 1.19 bits per heavy atom. The van der Waals surface area contributed by atoms with Crippen LogP contribution in [0.4, 0.5) is 0 Å². The van der Waals surface area contributed by atoms with E-state index in [0.717, 1.165) is 6.54 Å². The zero-order chi connectivity index (χ0) is 16.3. The molecule has 1 rings (SSSR count). The van der Waals surface area contributed by atoms with Crippen LogP contribution in [0.2, 0.25) is 10.0 Å². The van der Waals surface area contributed by atoms with Gasteiger partial charge in [0.25, 0.3) is 0 Å². The van der Waals surface area contributed by atoms with Crippen LogP contribution in [0.5, 0.6) is 0 Å². The summed E-state index contributed by atoms with van der Waals surface area (Å²) in [5.74, 6) is 0. The monoisotopic (exact) mass is 352 g/mol. The quantitative estimate of drug-likeness (QED) is 0.788. The van der Waals surface area contributed by atoms with Gasteiger partial charge in [0.15, 0.2) is 0 Å². The zero-order valence-corrected chi connectivity index (χ0v) is 15.1. The Hall–Kier alpha value is -0.330. The van der Waals surface area contributed by atoms with E-state index in [1.807, 2.05) is 27.7 Å². The number of benzene rings is 1. The van der Waals surface area contributed by atoms with E-state index in [1.54, 1.807) is 6.07 Å². The fourth-order valence-corrected chi connectivity index (χ4v) is 4.11. The molecule has 0 aliphatic heterocycles. The molecule has 120 valence electrons. The molecule has 0 aliphatic carbocycles. The van der Waals surface area contributed by atoms with Gasteiger partial charge in [-0.3, -0.25) is 0 Å². The molecule has 0 radical (unpaired) electrons. The number of hydrogen-bond acceptors (Lipinski definition) is 3. The van der Waals surface area contributed by atoms with E-state index in [1.165, 1.54) is 6.07 Å². The van der Waals surface area contributed by atoms with E-state index >= 15 is 0 Å². The van der Waals surface area contributed by atoms with Crippen molar-refractivity contribution in [3.8, 4) is 0 Å². The second kappa shape index (κ2) is 7.29. The smallest absolute Gasteiger partial charge is 0.242 e. The van der Waals surface area contributed by atoms with Gasteiger partial charge in [-0.25, -0.2) is 13.1 Å². The van der Waals surface area contributed by atoms with Gasteiger partial charge < -0.3 is 5.32 Å². The summed E-state index contributed by atoms with van der Waals surface area (Å²) in [6.07, 6.45) is 0.661. The van der Waals surface area contributed by atoms with Gasteiger partial charge >= 0.3 is 0 Å². The van der Waals surface area contributed by atoms with E-state index in [0.29, 0.717) is 23.6 Å². The molecule has 0 amide bonds. The van der Waals surface area contributed by atoms with Crippen molar-refractivity contribution in [3.63, 3.8) is 0 Å². The first-order valence-corrected chi connectivity index (χ1v) is 9.09. The highest BCUT2D eigenvalue weighted by Gasteiger charge is 2.27. The lowest BCUT2D eigenvalue weighted by atomic mass is 10.0. The molecular formula is C14H22Cl2N2O2S. The summed E-state index contributed by atoms with van der Waals surface area (Å²) in [4.78, 5) is 0.0195. The van der Waals surface area contributed by atoms with Gasteiger partial charge in [-0.2, -0.15) is 0 Å². The zero-order valence-electron chi connectivity index (χ0n) is 12.8. The average molecular weight is 353 g/mol. The molecule has 0 aromatic heterocycles. The van der Waals surface area contributed by atoms with Crippen LogP contribution in [0, 0.1) is 0 Å². The fraction of sp³-hybridized carbons (Fsp3) is 0.571. The highest BCUT2D eigenvalue weighted by molar-refractivity contribution is 7.89. The molecule has 1 aromatic carbocycles. The highest BCUT2D eigenvalue weighted by Crippen LogP contribution is 2.30. The second-order valence-electron chi connectivity index (χ2n) is 5.50. The summed E-state index contributed by atoms with van der Waals surface area (Å²) in [7, 11) is -3.72. The van der Waals surface area contributed by atoms with Crippen LogP contribution in [0.25, 0.3) is 0 Å². The summed E-state index contributed by atoms with van der Waals surface area (Å²) in [6, 6.07) is 3.06. The SMILES string of the molecule is CCNCc1cc(Cl)cc(S(=O)(=O)NC(C)(C)CC)c1Cl. The number of nitrogens with one attached hydrogen (secondary N) is 2. The third-order valence-electron chi connectivity index (χ3n) is 3.23. The molecule has 7 heteroatoms. The van der Waals surface area contributed by atoms with Crippen LogP contribution < -0.4 is 10.0 Å². The van der Waals surface area contributed by atoms with Crippen LogP contribution in [-0.4, -0.2) is 20.5 Å². The van der Waals surface area contributed by atoms with E-state index < -0.39 is 15.6 Å². The van der Waals surface area contributed by atoms with E-state index in [2.05, 4.69) is 10.0 Å². The summed E-state index contributed by atoms with van der Waals surface area (Å²) in [6.45, 7) is 8.74. The first kappa shape index (κ1) is 18.7. The van der Waals surface area contributed by atoms with E-state index in [4.69, 9.17) is 23.2 Å². The molecule has 0 unspecified atom stereocenters. The lowest BCUT2D eigenvalue weighted by Gasteiger charge is -2.24. The fourth-order valence-electron chi connectivity index (χ4n) is 1.69. The maximum Gasteiger partial charge on any atom is 0.242 e. The van der Waals surface area contributed by atoms with Crippen LogP contribution in [0.15, 0.2) is 17.0 Å². The van der Waals surface area contributed by atoms with Gasteiger partial charge in [0, 0.05) is 17.1 Å². The van der Waals surface area contributed by atoms with Gasteiger partial charge in [-0.1, -0.05) is 37.0 Å². The highest BCUT2D eigenvalue weighted by atomic mass is 35.5. The average Bonchev–Trinajstić information content (AvgIpc) is 2.38. The minimum Gasteiger partial charge on any atom is -0.313 e. The Kier molecular flexibility index (Phi) is 6.50. The lowest BCUT2D eigenvalue weighted by Crippen LogP contribution is -2.42. The Bertz CT molecular complexity index is 601. The van der Waals surface area contributed by atoms with Crippen molar-refractivity contribution in [1.82, 2.24) is 10.0 Å². The molecule has 1 aromatic rings. The molecule has 4 nitrogen and oxygen atoms in total. The third-order valence-corrected chi connectivity index (χ3v) is 5.73. The first-order chi connectivity index (χ1) is 9.63. The summed E-state index contributed by atoms with van der Waals surface area (Å²) < 4.78 is 27.7. The standard InChI is InChI=1S/C14H22Cl2N2O2S/c1-5-14(3,4)18-21(19,20)12-8-11(15)7-10(13(12)16)9-17-6-2/h7-8,17-18H,5-6,9H2,1-4H3. The number of sulfonamides is 1. The maximum absolute atomic E-state index is 12.5. The van der Waals surface area contributed by atoms with Crippen molar-refractivity contribution in [2.24, 2.45) is 0 Å². The molecule has 0 aliphatic rings. The summed E-state index contributed by atoms with van der Waals surface area (Å²) >= 11 is 12.3. The predicted octanol–water partition coefficient (Wildman–Crippen LogP) is 3.57. The van der Waals surface area contributed by atoms with Crippen molar-refractivity contribution in [2.45, 2.75) is 51.1 Å². The second-order valence-corrected chi connectivity index (χ2v) is 7.97. The summed E-state index contributed by atoms with van der Waals surface area (Å²) in [5, 5.41) is 3.67. The summed E-state index contributed by atoms with van der Waals surface area (Å²) in [5.41, 5.74) is 0.118. The Morgan fingerprint density at radius 2 is 1.81 bits per heavy atom. The normalized spacial score (nSPS) is 12.7. The van der Waals surface area contributed by atoms with Crippen molar-refractivity contribution in [1.29, 1.82) is 0 Å². The number of halogens is 2. The minimum atomic E-state index is -3.72. The van der Waals surface area contributed by atoms with Gasteiger partial charge in [0.05, 0.1) is 5.02 Å². The third kappa shape index (κ3) is 5.11. The van der Waals surface area contributed by atoms with Gasteiger partial charge in [0.1, 0.15) is 4.90 Å². The Labute approximate surface area is 137 Å². The molecule has 21 heavy (non-hydrogen) atoms. The molecule has 0 atom stereocenters. The van der Waals surface area contributed by atoms with E-state index in [-0.39, 0.29) is 9.92 Å².